The highest BCUT2D eigenvalue weighted by molar-refractivity contribution is 9.11. The molecule has 0 saturated carbocycles. The summed E-state index contributed by atoms with van der Waals surface area (Å²) in [4.78, 5) is 25.5. The molecule has 1 unspecified atom stereocenters. The van der Waals surface area contributed by atoms with Gasteiger partial charge in [-0.25, -0.2) is 0 Å². The van der Waals surface area contributed by atoms with Crippen molar-refractivity contribution in [1.29, 1.82) is 0 Å². The number of carboxylic acids is 1. The molecule has 2 rings (SSSR count). The Balaban J connectivity index is 2.25. The first-order valence-electron chi connectivity index (χ1n) is 6.31. The molecule has 1 fully saturated rings. The maximum absolute atomic E-state index is 12.6. The second-order valence-electron chi connectivity index (χ2n) is 5.32. The van der Waals surface area contributed by atoms with E-state index in [-0.39, 0.29) is 12.5 Å². The van der Waals surface area contributed by atoms with Crippen LogP contribution in [-0.4, -0.2) is 35.0 Å². The lowest BCUT2D eigenvalue weighted by atomic mass is 9.82. The molecule has 1 atom stereocenters. The zero-order valence-corrected chi connectivity index (χ0v) is 14.2. The number of nitrogens with zero attached hydrogens (tertiary/aromatic N) is 1. The Morgan fingerprint density at radius 3 is 2.70 bits per heavy atom. The van der Waals surface area contributed by atoms with Crippen LogP contribution in [0.1, 0.15) is 30.1 Å². The van der Waals surface area contributed by atoms with E-state index < -0.39 is 11.4 Å². The fourth-order valence-corrected chi connectivity index (χ4v) is 3.20. The highest BCUT2D eigenvalue weighted by atomic mass is 79.9. The molecule has 1 N–H and O–H groups in total. The number of carbonyl (C=O) groups is 2. The summed E-state index contributed by atoms with van der Waals surface area (Å²) < 4.78 is 1.54. The third-order valence-electron chi connectivity index (χ3n) is 3.66. The minimum absolute atomic E-state index is 0.134. The van der Waals surface area contributed by atoms with E-state index in [2.05, 4.69) is 31.9 Å². The Labute approximate surface area is 134 Å². The second-order valence-corrected chi connectivity index (χ2v) is 7.09. The number of hydrogen-bond donors (Lipinski definition) is 1. The molecule has 0 aromatic heterocycles. The van der Waals surface area contributed by atoms with Crippen molar-refractivity contribution < 1.29 is 14.7 Å². The van der Waals surface area contributed by atoms with Gasteiger partial charge in [0.25, 0.3) is 5.91 Å². The second kappa shape index (κ2) is 5.85. The van der Waals surface area contributed by atoms with E-state index in [4.69, 9.17) is 0 Å². The first-order valence-corrected chi connectivity index (χ1v) is 7.90. The highest BCUT2D eigenvalue weighted by Crippen LogP contribution is 2.31. The number of carboxylic acid groups (broad SMARTS) is 1. The lowest BCUT2D eigenvalue weighted by Gasteiger charge is -2.37. The third kappa shape index (κ3) is 3.06. The fraction of sp³-hybridized carbons (Fsp3) is 0.429. The van der Waals surface area contributed by atoms with Crippen LogP contribution in [0.25, 0.3) is 0 Å². The zero-order chi connectivity index (χ0) is 14.9. The molecule has 108 valence electrons. The van der Waals surface area contributed by atoms with Gasteiger partial charge in [0, 0.05) is 22.0 Å². The van der Waals surface area contributed by atoms with Crippen molar-refractivity contribution in [2.24, 2.45) is 5.41 Å². The van der Waals surface area contributed by atoms with Gasteiger partial charge in [0.15, 0.2) is 0 Å². The molecule has 1 aromatic rings. The van der Waals surface area contributed by atoms with Crippen LogP contribution in [0.2, 0.25) is 0 Å². The van der Waals surface area contributed by atoms with Crippen molar-refractivity contribution in [2.75, 3.05) is 13.1 Å². The SMILES string of the molecule is CC1(C(=O)O)CCCN(C(=O)c2cc(Br)ccc2Br)C1. The summed E-state index contributed by atoms with van der Waals surface area (Å²) in [6, 6.07) is 5.40. The van der Waals surface area contributed by atoms with Gasteiger partial charge in [0.1, 0.15) is 0 Å². The quantitative estimate of drug-likeness (QED) is 0.820. The predicted molar refractivity (Wildman–Crippen MR) is 82.7 cm³/mol. The van der Waals surface area contributed by atoms with Crippen LogP contribution in [0.15, 0.2) is 27.1 Å². The largest absolute Gasteiger partial charge is 0.481 e. The predicted octanol–water partition coefficient (Wildman–Crippen LogP) is 3.54. The first-order chi connectivity index (χ1) is 9.33. The van der Waals surface area contributed by atoms with E-state index in [0.29, 0.717) is 29.4 Å². The summed E-state index contributed by atoms with van der Waals surface area (Å²) in [5.74, 6) is -0.978. The van der Waals surface area contributed by atoms with Gasteiger partial charge >= 0.3 is 5.97 Å². The Bertz CT molecular complexity index is 561. The van der Waals surface area contributed by atoms with Crippen LogP contribution >= 0.6 is 31.9 Å². The molecular formula is C14H15Br2NO3. The van der Waals surface area contributed by atoms with Gasteiger partial charge in [-0.2, -0.15) is 0 Å². The summed E-state index contributed by atoms with van der Waals surface area (Å²) in [5.41, 5.74) is -0.305. The monoisotopic (exact) mass is 403 g/mol. The number of likely N-dealkylation sites (tertiary alicyclic amines) is 1. The number of hydrogen-bond acceptors (Lipinski definition) is 2. The summed E-state index contributed by atoms with van der Waals surface area (Å²) >= 11 is 6.72. The molecule has 6 heteroatoms. The normalized spacial score (nSPS) is 22.6. The lowest BCUT2D eigenvalue weighted by Crippen LogP contribution is -2.48. The van der Waals surface area contributed by atoms with Crippen LogP contribution in [0.3, 0.4) is 0 Å². The minimum Gasteiger partial charge on any atom is -0.481 e. The van der Waals surface area contributed by atoms with E-state index >= 15 is 0 Å². The van der Waals surface area contributed by atoms with Crippen LogP contribution in [0.5, 0.6) is 0 Å². The number of piperidine rings is 1. The summed E-state index contributed by atoms with van der Waals surface area (Å²) in [5, 5.41) is 9.31. The van der Waals surface area contributed by atoms with E-state index in [0.717, 1.165) is 4.47 Å². The molecule has 1 amide bonds. The molecule has 4 nitrogen and oxygen atoms in total. The standard InChI is InChI=1S/C14H15Br2NO3/c1-14(13(19)20)5-2-6-17(8-14)12(18)10-7-9(15)3-4-11(10)16/h3-4,7H,2,5-6,8H2,1H3,(H,19,20). The topological polar surface area (TPSA) is 57.6 Å². The van der Waals surface area contributed by atoms with E-state index in [1.807, 2.05) is 6.07 Å². The molecule has 1 aromatic carbocycles. The zero-order valence-electron chi connectivity index (χ0n) is 11.0. The number of halogens is 2. The Morgan fingerprint density at radius 1 is 1.35 bits per heavy atom. The van der Waals surface area contributed by atoms with Gasteiger partial charge in [-0.05, 0) is 53.9 Å². The number of benzene rings is 1. The van der Waals surface area contributed by atoms with Crippen molar-refractivity contribution in [3.63, 3.8) is 0 Å². The molecule has 20 heavy (non-hydrogen) atoms. The van der Waals surface area contributed by atoms with Gasteiger partial charge in [-0.15, -0.1) is 0 Å². The molecule has 0 bridgehead atoms. The van der Waals surface area contributed by atoms with Crippen molar-refractivity contribution >= 4 is 43.7 Å². The Hall–Kier alpha value is -0.880. The molecule has 1 aliphatic rings. The molecular weight excluding hydrogens is 390 g/mol. The minimum atomic E-state index is -0.855. The summed E-state index contributed by atoms with van der Waals surface area (Å²) in [6.07, 6.45) is 1.31. The summed E-state index contributed by atoms with van der Waals surface area (Å²) in [6.45, 7) is 2.55. The smallest absolute Gasteiger partial charge is 0.311 e. The number of aliphatic carboxylic acids is 1. The van der Waals surface area contributed by atoms with Crippen molar-refractivity contribution in [1.82, 2.24) is 4.90 Å². The van der Waals surface area contributed by atoms with Gasteiger partial charge in [0.05, 0.1) is 11.0 Å². The molecule has 0 aliphatic carbocycles. The molecule has 1 heterocycles. The van der Waals surface area contributed by atoms with Crippen LogP contribution in [0, 0.1) is 5.41 Å². The van der Waals surface area contributed by atoms with Crippen molar-refractivity contribution in [3.8, 4) is 0 Å². The maximum Gasteiger partial charge on any atom is 0.311 e. The average Bonchev–Trinajstić information content (AvgIpc) is 2.40. The van der Waals surface area contributed by atoms with Gasteiger partial charge in [0.2, 0.25) is 0 Å². The van der Waals surface area contributed by atoms with E-state index in [1.165, 1.54) is 0 Å². The molecule has 1 aliphatic heterocycles. The fourth-order valence-electron chi connectivity index (χ4n) is 2.42. The third-order valence-corrected chi connectivity index (χ3v) is 4.84. The molecule has 0 radical (unpaired) electrons. The highest BCUT2D eigenvalue weighted by Gasteiger charge is 2.39. The van der Waals surface area contributed by atoms with Gasteiger partial charge < -0.3 is 10.0 Å². The Morgan fingerprint density at radius 2 is 2.05 bits per heavy atom. The number of carbonyl (C=O) groups excluding carboxylic acids is 1. The van der Waals surface area contributed by atoms with E-state index in [9.17, 15) is 14.7 Å². The van der Waals surface area contributed by atoms with Crippen LogP contribution < -0.4 is 0 Å². The number of amides is 1. The molecule has 1 saturated heterocycles. The first kappa shape index (κ1) is 15.5. The average molecular weight is 405 g/mol. The number of rotatable bonds is 2. The van der Waals surface area contributed by atoms with E-state index in [1.54, 1.807) is 24.0 Å². The van der Waals surface area contributed by atoms with Crippen LogP contribution in [0.4, 0.5) is 0 Å². The maximum atomic E-state index is 12.6. The van der Waals surface area contributed by atoms with Gasteiger partial charge in [-0.1, -0.05) is 15.9 Å². The van der Waals surface area contributed by atoms with Gasteiger partial charge in [-0.3, -0.25) is 9.59 Å². The Kier molecular flexibility index (Phi) is 4.54. The van der Waals surface area contributed by atoms with Crippen molar-refractivity contribution in [3.05, 3.63) is 32.7 Å². The summed E-state index contributed by atoms with van der Waals surface area (Å²) in [7, 11) is 0. The lowest BCUT2D eigenvalue weighted by molar-refractivity contribution is -0.150. The van der Waals surface area contributed by atoms with Crippen molar-refractivity contribution in [2.45, 2.75) is 19.8 Å². The van der Waals surface area contributed by atoms with Crippen LogP contribution in [-0.2, 0) is 4.79 Å². The molecule has 0 spiro atoms.